The van der Waals surface area contributed by atoms with E-state index in [4.69, 9.17) is 4.98 Å². The van der Waals surface area contributed by atoms with Gasteiger partial charge in [-0.2, -0.15) is 5.10 Å². The monoisotopic (exact) mass is 363 g/mol. The smallest absolute Gasteiger partial charge is 0.273 e. The fourth-order valence-corrected chi connectivity index (χ4v) is 3.47. The number of hydrogen-bond acceptors (Lipinski definition) is 5. The molecule has 1 aliphatic heterocycles. The molecule has 27 heavy (non-hydrogen) atoms. The van der Waals surface area contributed by atoms with Crippen molar-refractivity contribution in [2.75, 3.05) is 6.54 Å². The first-order valence-electron chi connectivity index (χ1n) is 9.00. The Balaban J connectivity index is 1.70. The van der Waals surface area contributed by atoms with Gasteiger partial charge in [0.2, 0.25) is 0 Å². The highest BCUT2D eigenvalue weighted by atomic mass is 16.3. The Bertz CT molecular complexity index is 950. The third-order valence-corrected chi connectivity index (χ3v) is 4.74. The highest BCUT2D eigenvalue weighted by Crippen LogP contribution is 2.33. The van der Waals surface area contributed by atoms with Crippen molar-refractivity contribution in [1.29, 1.82) is 0 Å². The third-order valence-electron chi connectivity index (χ3n) is 4.74. The predicted octanol–water partition coefficient (Wildman–Crippen LogP) is 2.90. The Morgan fingerprint density at radius 3 is 2.59 bits per heavy atom. The first-order chi connectivity index (χ1) is 13.0. The van der Waals surface area contributed by atoms with Gasteiger partial charge in [0.25, 0.3) is 5.91 Å². The quantitative estimate of drug-likeness (QED) is 0.773. The van der Waals surface area contributed by atoms with Crippen molar-refractivity contribution in [1.82, 2.24) is 24.6 Å². The van der Waals surface area contributed by atoms with Gasteiger partial charge < -0.3 is 10.0 Å². The van der Waals surface area contributed by atoms with E-state index >= 15 is 0 Å². The molecule has 3 aromatic rings. The number of rotatable bonds is 3. The van der Waals surface area contributed by atoms with Gasteiger partial charge in [0.1, 0.15) is 11.4 Å². The number of hydrogen-bond donors (Lipinski definition) is 1. The van der Waals surface area contributed by atoms with Gasteiger partial charge in [0.05, 0.1) is 18.8 Å². The van der Waals surface area contributed by atoms with Gasteiger partial charge in [-0.05, 0) is 18.1 Å². The maximum absolute atomic E-state index is 13.0. The summed E-state index contributed by atoms with van der Waals surface area (Å²) in [5, 5.41) is 14.1. The van der Waals surface area contributed by atoms with Crippen molar-refractivity contribution in [3.05, 3.63) is 60.2 Å². The van der Waals surface area contributed by atoms with Crippen LogP contribution in [0.3, 0.4) is 0 Å². The van der Waals surface area contributed by atoms with Gasteiger partial charge in [-0.1, -0.05) is 44.2 Å². The van der Waals surface area contributed by atoms with Crippen LogP contribution in [0, 0.1) is 5.92 Å². The van der Waals surface area contributed by atoms with Crippen molar-refractivity contribution in [2.24, 2.45) is 5.92 Å². The number of pyridine rings is 1. The molecule has 0 radical (unpaired) electrons. The van der Waals surface area contributed by atoms with E-state index in [0.717, 1.165) is 11.4 Å². The van der Waals surface area contributed by atoms with Gasteiger partial charge in [0, 0.05) is 12.1 Å². The van der Waals surface area contributed by atoms with E-state index in [9.17, 15) is 9.90 Å². The molecule has 4 rings (SSSR count). The Hall–Kier alpha value is -3.22. The molecular weight excluding hydrogens is 342 g/mol. The van der Waals surface area contributed by atoms with E-state index in [1.54, 1.807) is 6.07 Å². The second kappa shape index (κ2) is 6.83. The maximum Gasteiger partial charge on any atom is 0.273 e. The number of carbonyl (C=O) groups is 1. The summed E-state index contributed by atoms with van der Waals surface area (Å²) in [6.45, 7) is 5.26. The lowest BCUT2D eigenvalue weighted by molar-refractivity contribution is 0.0531. The third kappa shape index (κ3) is 3.16. The number of aromatic hydroxyl groups is 1. The molecule has 7 nitrogen and oxygen atoms in total. The van der Waals surface area contributed by atoms with E-state index < -0.39 is 0 Å². The van der Waals surface area contributed by atoms with Crippen LogP contribution in [0.15, 0.2) is 48.7 Å². The molecule has 3 heterocycles. The van der Waals surface area contributed by atoms with E-state index in [1.165, 1.54) is 12.3 Å². The molecule has 1 atom stereocenters. The number of amides is 1. The number of aromatic nitrogens is 4. The molecule has 0 bridgehead atoms. The van der Waals surface area contributed by atoms with E-state index in [-0.39, 0.29) is 23.6 Å². The SMILES string of the molecule is CC(C)[C@H]1c2nc(-c3ccccc3)nn2CCN1C(=O)c1ccc(O)cn1. The minimum atomic E-state index is -0.188. The molecule has 0 aliphatic carbocycles. The molecule has 0 saturated heterocycles. The number of fused-ring (bicyclic) bond motifs is 1. The molecule has 0 unspecified atom stereocenters. The van der Waals surface area contributed by atoms with Crippen molar-refractivity contribution >= 4 is 5.91 Å². The number of nitrogens with zero attached hydrogens (tertiary/aromatic N) is 5. The van der Waals surface area contributed by atoms with Crippen LogP contribution in [0.25, 0.3) is 11.4 Å². The minimum Gasteiger partial charge on any atom is -0.506 e. The summed E-state index contributed by atoms with van der Waals surface area (Å²) in [6, 6.07) is 12.7. The van der Waals surface area contributed by atoms with E-state index in [1.807, 2.05) is 39.9 Å². The first kappa shape index (κ1) is 17.2. The van der Waals surface area contributed by atoms with Gasteiger partial charge in [-0.15, -0.1) is 0 Å². The van der Waals surface area contributed by atoms with Crippen LogP contribution in [0.2, 0.25) is 0 Å². The van der Waals surface area contributed by atoms with Crippen molar-refractivity contribution in [3.8, 4) is 17.1 Å². The lowest BCUT2D eigenvalue weighted by Gasteiger charge is -2.37. The molecular formula is C20H21N5O2. The molecule has 7 heteroatoms. The van der Waals surface area contributed by atoms with Crippen LogP contribution < -0.4 is 0 Å². The molecule has 1 aliphatic rings. The summed E-state index contributed by atoms with van der Waals surface area (Å²) in [7, 11) is 0. The summed E-state index contributed by atoms with van der Waals surface area (Å²) >= 11 is 0. The molecule has 2 aromatic heterocycles. The van der Waals surface area contributed by atoms with Crippen LogP contribution >= 0.6 is 0 Å². The average Bonchev–Trinajstić information content (AvgIpc) is 3.12. The van der Waals surface area contributed by atoms with Crippen LogP contribution in [0.1, 0.15) is 36.2 Å². The normalized spacial score (nSPS) is 16.4. The summed E-state index contributed by atoms with van der Waals surface area (Å²) in [5.41, 5.74) is 1.27. The van der Waals surface area contributed by atoms with E-state index in [0.29, 0.717) is 24.6 Å². The van der Waals surface area contributed by atoms with Gasteiger partial charge in [-0.3, -0.25) is 4.79 Å². The highest BCUT2D eigenvalue weighted by Gasteiger charge is 2.36. The molecule has 138 valence electrons. The second-order valence-electron chi connectivity index (χ2n) is 6.97. The lowest BCUT2D eigenvalue weighted by atomic mass is 9.99. The van der Waals surface area contributed by atoms with Crippen molar-refractivity contribution in [3.63, 3.8) is 0 Å². The minimum absolute atomic E-state index is 0.0397. The lowest BCUT2D eigenvalue weighted by Crippen LogP contribution is -2.44. The molecule has 0 spiro atoms. The molecule has 1 N–H and O–H groups in total. The number of carbonyl (C=O) groups excluding carboxylic acids is 1. The largest absolute Gasteiger partial charge is 0.506 e. The highest BCUT2D eigenvalue weighted by molar-refractivity contribution is 5.92. The summed E-state index contributed by atoms with van der Waals surface area (Å²) in [5.74, 6) is 1.51. The first-order valence-corrected chi connectivity index (χ1v) is 9.00. The summed E-state index contributed by atoms with van der Waals surface area (Å²) < 4.78 is 1.90. The fourth-order valence-electron chi connectivity index (χ4n) is 3.47. The fraction of sp³-hybridized carbons (Fsp3) is 0.300. The van der Waals surface area contributed by atoms with Crippen molar-refractivity contribution in [2.45, 2.75) is 26.4 Å². The topological polar surface area (TPSA) is 84.1 Å². The molecule has 1 aromatic carbocycles. The van der Waals surface area contributed by atoms with Crippen molar-refractivity contribution < 1.29 is 9.90 Å². The zero-order valence-electron chi connectivity index (χ0n) is 15.3. The van der Waals surface area contributed by atoms with Crippen LogP contribution in [0.5, 0.6) is 5.75 Å². The van der Waals surface area contributed by atoms with E-state index in [2.05, 4.69) is 23.9 Å². The molecule has 1 amide bonds. The van der Waals surface area contributed by atoms with Crippen LogP contribution in [-0.4, -0.2) is 42.2 Å². The van der Waals surface area contributed by atoms with Crippen LogP contribution in [-0.2, 0) is 6.54 Å². The molecule has 0 fully saturated rings. The summed E-state index contributed by atoms with van der Waals surface area (Å²) in [4.78, 5) is 23.7. The Labute approximate surface area is 157 Å². The van der Waals surface area contributed by atoms with Crippen LogP contribution in [0.4, 0.5) is 0 Å². The zero-order valence-corrected chi connectivity index (χ0v) is 15.3. The maximum atomic E-state index is 13.0. The Morgan fingerprint density at radius 2 is 1.93 bits per heavy atom. The average molecular weight is 363 g/mol. The van der Waals surface area contributed by atoms with Gasteiger partial charge in [0.15, 0.2) is 11.6 Å². The standard InChI is InChI=1S/C20H21N5O2/c1-13(2)17-19-22-18(14-6-4-3-5-7-14)23-25(19)11-10-24(17)20(27)16-9-8-15(26)12-21-16/h3-9,12-13,17,26H,10-11H2,1-2H3/t17-/m0/s1. The Morgan fingerprint density at radius 1 is 1.15 bits per heavy atom. The summed E-state index contributed by atoms with van der Waals surface area (Å²) in [6.07, 6.45) is 1.29. The Kier molecular flexibility index (Phi) is 4.35. The molecule has 0 saturated carbocycles. The second-order valence-corrected chi connectivity index (χ2v) is 6.97. The predicted molar refractivity (Wildman–Crippen MR) is 100.0 cm³/mol. The zero-order chi connectivity index (χ0) is 19.0. The number of benzene rings is 1. The van der Waals surface area contributed by atoms with Gasteiger partial charge >= 0.3 is 0 Å². The van der Waals surface area contributed by atoms with Gasteiger partial charge in [-0.25, -0.2) is 14.6 Å².